The number of carbonyl (C=O) groups excluding carboxylic acids is 3. The first-order valence-corrected chi connectivity index (χ1v) is 10.6. The number of rotatable bonds is 3. The SMILES string of the molecule is CC(C)(C)N1CC(C(=O)NC2CCN(C(=O)c3ccccc3Br)CC2)CC1=O. The summed E-state index contributed by atoms with van der Waals surface area (Å²) in [6.45, 7) is 7.67. The first kappa shape index (κ1) is 20.8. The largest absolute Gasteiger partial charge is 0.353 e. The van der Waals surface area contributed by atoms with Gasteiger partial charge in [-0.3, -0.25) is 14.4 Å². The number of halogens is 1. The number of benzene rings is 1. The summed E-state index contributed by atoms with van der Waals surface area (Å²) in [5.41, 5.74) is 0.403. The fraction of sp³-hybridized carbons (Fsp3) is 0.571. The molecule has 2 saturated heterocycles. The van der Waals surface area contributed by atoms with E-state index < -0.39 is 0 Å². The Balaban J connectivity index is 1.51. The summed E-state index contributed by atoms with van der Waals surface area (Å²) in [6, 6.07) is 7.48. The smallest absolute Gasteiger partial charge is 0.254 e. The van der Waals surface area contributed by atoms with E-state index in [9.17, 15) is 14.4 Å². The lowest BCUT2D eigenvalue weighted by Gasteiger charge is -2.33. The number of nitrogens with zero attached hydrogens (tertiary/aromatic N) is 2. The van der Waals surface area contributed by atoms with E-state index in [4.69, 9.17) is 0 Å². The van der Waals surface area contributed by atoms with Gasteiger partial charge in [-0.2, -0.15) is 0 Å². The standard InChI is InChI=1S/C21H28BrN3O3/c1-21(2,3)25-13-14(12-18(25)26)19(27)23-15-8-10-24(11-9-15)20(28)16-6-4-5-7-17(16)22/h4-7,14-15H,8-13H2,1-3H3,(H,23,27). The summed E-state index contributed by atoms with van der Waals surface area (Å²) in [5.74, 6) is -0.275. The molecule has 152 valence electrons. The first-order chi connectivity index (χ1) is 13.2. The van der Waals surface area contributed by atoms with Gasteiger partial charge in [0.2, 0.25) is 11.8 Å². The van der Waals surface area contributed by atoms with Crippen LogP contribution in [0.25, 0.3) is 0 Å². The Morgan fingerprint density at radius 3 is 2.36 bits per heavy atom. The Morgan fingerprint density at radius 1 is 1.14 bits per heavy atom. The molecule has 6 nitrogen and oxygen atoms in total. The zero-order valence-corrected chi connectivity index (χ0v) is 18.3. The van der Waals surface area contributed by atoms with Gasteiger partial charge < -0.3 is 15.1 Å². The molecule has 0 aromatic heterocycles. The van der Waals surface area contributed by atoms with Crippen molar-refractivity contribution in [2.24, 2.45) is 5.92 Å². The quantitative estimate of drug-likeness (QED) is 0.770. The van der Waals surface area contributed by atoms with Gasteiger partial charge in [-0.25, -0.2) is 0 Å². The number of amides is 3. The molecule has 1 aromatic rings. The van der Waals surface area contributed by atoms with Crippen molar-refractivity contribution in [2.75, 3.05) is 19.6 Å². The average molecular weight is 450 g/mol. The van der Waals surface area contributed by atoms with E-state index in [1.807, 2.05) is 49.9 Å². The van der Waals surface area contributed by atoms with E-state index in [2.05, 4.69) is 21.2 Å². The van der Waals surface area contributed by atoms with E-state index in [1.54, 1.807) is 4.90 Å². The number of hydrogen-bond acceptors (Lipinski definition) is 3. The number of nitrogens with one attached hydrogen (secondary N) is 1. The van der Waals surface area contributed by atoms with Crippen LogP contribution in [0.4, 0.5) is 0 Å². The average Bonchev–Trinajstić information content (AvgIpc) is 3.04. The van der Waals surface area contributed by atoms with E-state index in [0.717, 1.165) is 17.3 Å². The van der Waals surface area contributed by atoms with Crippen molar-refractivity contribution in [3.05, 3.63) is 34.3 Å². The summed E-state index contributed by atoms with van der Waals surface area (Å²) < 4.78 is 0.796. The predicted molar refractivity (Wildman–Crippen MR) is 111 cm³/mol. The van der Waals surface area contributed by atoms with Crippen molar-refractivity contribution in [2.45, 2.75) is 51.6 Å². The maximum absolute atomic E-state index is 12.7. The van der Waals surface area contributed by atoms with Crippen molar-refractivity contribution in [3.63, 3.8) is 0 Å². The van der Waals surface area contributed by atoms with Gasteiger partial charge in [-0.1, -0.05) is 12.1 Å². The Hall–Kier alpha value is -1.89. The minimum atomic E-state index is -0.285. The van der Waals surface area contributed by atoms with Crippen molar-refractivity contribution in [1.82, 2.24) is 15.1 Å². The number of hydrogen-bond donors (Lipinski definition) is 1. The number of piperidine rings is 1. The fourth-order valence-electron chi connectivity index (χ4n) is 3.88. The number of likely N-dealkylation sites (tertiary alicyclic amines) is 2. The molecule has 28 heavy (non-hydrogen) atoms. The topological polar surface area (TPSA) is 69.7 Å². The zero-order chi connectivity index (χ0) is 20.5. The monoisotopic (exact) mass is 449 g/mol. The normalized spacial score (nSPS) is 21.1. The van der Waals surface area contributed by atoms with E-state index >= 15 is 0 Å². The van der Waals surface area contributed by atoms with Crippen LogP contribution < -0.4 is 5.32 Å². The summed E-state index contributed by atoms with van der Waals surface area (Å²) in [4.78, 5) is 41.2. The molecule has 1 atom stereocenters. The summed E-state index contributed by atoms with van der Waals surface area (Å²) in [6.07, 6.45) is 1.74. The summed E-state index contributed by atoms with van der Waals surface area (Å²) >= 11 is 3.43. The van der Waals surface area contributed by atoms with Crippen molar-refractivity contribution < 1.29 is 14.4 Å². The predicted octanol–water partition coefficient (Wildman–Crippen LogP) is 2.82. The molecule has 2 aliphatic rings. The van der Waals surface area contributed by atoms with Crippen LogP contribution in [0.2, 0.25) is 0 Å². The third kappa shape index (κ3) is 4.57. The van der Waals surface area contributed by atoms with Crippen LogP contribution in [0.1, 0.15) is 50.4 Å². The molecule has 3 amide bonds. The van der Waals surface area contributed by atoms with Gasteiger partial charge in [0.05, 0.1) is 11.5 Å². The molecular formula is C21H28BrN3O3. The van der Waals surface area contributed by atoms with Gasteiger partial charge in [0.1, 0.15) is 0 Å². The van der Waals surface area contributed by atoms with Gasteiger partial charge in [0.15, 0.2) is 0 Å². The van der Waals surface area contributed by atoms with E-state index in [0.29, 0.717) is 25.2 Å². The molecule has 0 bridgehead atoms. The summed E-state index contributed by atoms with van der Waals surface area (Å²) in [7, 11) is 0. The maximum Gasteiger partial charge on any atom is 0.254 e. The van der Waals surface area contributed by atoms with Crippen LogP contribution in [0.3, 0.4) is 0 Å². The molecular weight excluding hydrogens is 422 g/mol. The second-order valence-electron chi connectivity index (χ2n) is 8.63. The van der Waals surface area contributed by atoms with Gasteiger partial charge >= 0.3 is 0 Å². The van der Waals surface area contributed by atoms with Gasteiger partial charge in [-0.05, 0) is 61.7 Å². The Morgan fingerprint density at radius 2 is 1.79 bits per heavy atom. The lowest BCUT2D eigenvalue weighted by molar-refractivity contribution is -0.132. The molecule has 2 aliphatic heterocycles. The number of carbonyl (C=O) groups is 3. The second-order valence-corrected chi connectivity index (χ2v) is 9.49. The van der Waals surface area contributed by atoms with Crippen LogP contribution in [-0.2, 0) is 9.59 Å². The highest BCUT2D eigenvalue weighted by Gasteiger charge is 2.40. The van der Waals surface area contributed by atoms with Gasteiger partial charge in [0.25, 0.3) is 5.91 Å². The molecule has 0 radical (unpaired) electrons. The molecule has 1 N–H and O–H groups in total. The van der Waals surface area contributed by atoms with E-state index in [1.165, 1.54) is 0 Å². The van der Waals surface area contributed by atoms with Crippen LogP contribution in [0, 0.1) is 5.92 Å². The van der Waals surface area contributed by atoms with Gasteiger partial charge in [-0.15, -0.1) is 0 Å². The van der Waals surface area contributed by atoms with Crippen LogP contribution in [-0.4, -0.2) is 58.7 Å². The van der Waals surface area contributed by atoms with Crippen LogP contribution in [0.5, 0.6) is 0 Å². The zero-order valence-electron chi connectivity index (χ0n) is 16.7. The van der Waals surface area contributed by atoms with Crippen LogP contribution >= 0.6 is 15.9 Å². The third-order valence-corrected chi connectivity index (χ3v) is 6.23. The Labute approximate surface area is 174 Å². The molecule has 3 rings (SSSR count). The molecule has 1 aromatic carbocycles. The third-order valence-electron chi connectivity index (χ3n) is 5.54. The van der Waals surface area contributed by atoms with Crippen molar-refractivity contribution in [1.29, 1.82) is 0 Å². The van der Waals surface area contributed by atoms with Crippen LogP contribution in [0.15, 0.2) is 28.7 Å². The fourth-order valence-corrected chi connectivity index (χ4v) is 4.34. The molecule has 1 unspecified atom stereocenters. The molecule has 2 fully saturated rings. The van der Waals surface area contributed by atoms with Crippen molar-refractivity contribution in [3.8, 4) is 0 Å². The molecule has 2 heterocycles. The highest BCUT2D eigenvalue weighted by molar-refractivity contribution is 9.10. The second kappa shape index (κ2) is 8.23. The lowest BCUT2D eigenvalue weighted by Crippen LogP contribution is -2.48. The van der Waals surface area contributed by atoms with Gasteiger partial charge in [0, 0.05) is 42.1 Å². The van der Waals surface area contributed by atoms with E-state index in [-0.39, 0.29) is 41.6 Å². The minimum absolute atomic E-state index is 0.0134. The highest BCUT2D eigenvalue weighted by atomic mass is 79.9. The Bertz CT molecular complexity index is 766. The summed E-state index contributed by atoms with van der Waals surface area (Å²) in [5, 5.41) is 3.10. The van der Waals surface area contributed by atoms with Crippen molar-refractivity contribution >= 4 is 33.7 Å². The molecule has 0 saturated carbocycles. The Kier molecular flexibility index (Phi) is 6.12. The maximum atomic E-state index is 12.7. The molecule has 0 spiro atoms. The lowest BCUT2D eigenvalue weighted by atomic mass is 10.0. The minimum Gasteiger partial charge on any atom is -0.353 e. The molecule has 0 aliphatic carbocycles. The molecule has 7 heteroatoms. The first-order valence-electron chi connectivity index (χ1n) is 9.81. The highest BCUT2D eigenvalue weighted by Crippen LogP contribution is 2.26.